The van der Waals surface area contributed by atoms with E-state index in [-0.39, 0.29) is 31.2 Å². The molecule has 0 saturated carbocycles. The summed E-state index contributed by atoms with van der Waals surface area (Å²) in [5, 5.41) is 12.1. The second-order valence-electron chi connectivity index (χ2n) is 2.80. The van der Waals surface area contributed by atoms with Gasteiger partial charge in [-0.3, -0.25) is 9.78 Å². The second-order valence-corrected chi connectivity index (χ2v) is 2.80. The summed E-state index contributed by atoms with van der Waals surface area (Å²) in [6.45, 7) is 0. The van der Waals surface area contributed by atoms with E-state index in [1.165, 1.54) is 0 Å². The molecule has 6 nitrogen and oxygen atoms in total. The third-order valence-corrected chi connectivity index (χ3v) is 1.66. The van der Waals surface area contributed by atoms with Crippen LogP contribution in [-0.4, -0.2) is 45.1 Å². The van der Waals surface area contributed by atoms with Crippen LogP contribution in [0.5, 0.6) is 0 Å². The molecule has 0 aliphatic carbocycles. The van der Waals surface area contributed by atoms with Crippen molar-refractivity contribution in [2.75, 3.05) is 0 Å². The maximum atomic E-state index is 10.4. The van der Waals surface area contributed by atoms with Crippen LogP contribution in [0.4, 0.5) is 0 Å². The molecular weight excluding hydrogens is 205 g/mol. The Hall–Kier alpha value is -1.64. The molecule has 0 bridgehead atoms. The van der Waals surface area contributed by atoms with Gasteiger partial charge in [0.05, 0.1) is 0 Å². The van der Waals surface area contributed by atoms with Gasteiger partial charge in [0.1, 0.15) is 12.1 Å². The van der Waals surface area contributed by atoms with E-state index in [4.69, 9.17) is 9.63 Å². The first-order valence-corrected chi connectivity index (χ1v) is 4.21. The number of carboxylic acids is 1. The Kier molecular flexibility index (Phi) is 4.23. The van der Waals surface area contributed by atoms with Gasteiger partial charge in [0.15, 0.2) is 0 Å². The van der Waals surface area contributed by atoms with E-state index in [9.17, 15) is 4.79 Å². The number of hydrogen-bond donors (Lipinski definition) is 1. The molecule has 0 aliphatic rings. The number of hydrogen-bond acceptors (Lipinski definition) is 5. The molecule has 2 aromatic rings. The number of aliphatic carboxylic acids is 1. The molecule has 0 atom stereocenters. The van der Waals surface area contributed by atoms with Crippen LogP contribution in [0.2, 0.25) is 0 Å². The molecule has 78 valence electrons. The first-order valence-electron chi connectivity index (χ1n) is 4.21. The van der Waals surface area contributed by atoms with Crippen molar-refractivity contribution in [2.45, 2.75) is 6.42 Å². The summed E-state index contributed by atoms with van der Waals surface area (Å²) >= 11 is 0. The van der Waals surface area contributed by atoms with Crippen molar-refractivity contribution in [1.82, 2.24) is 15.1 Å². The standard InChI is InChI=1S/C9H7N3O3.Li.H/c13-8(14)5-7-11-9(12-15-7)6-3-1-2-4-10-6;;/h1-4H,5H2,(H,13,14);;. The van der Waals surface area contributed by atoms with Crippen molar-refractivity contribution in [3.63, 3.8) is 0 Å². The molecule has 0 unspecified atom stereocenters. The van der Waals surface area contributed by atoms with Crippen molar-refractivity contribution in [3.05, 3.63) is 30.3 Å². The monoisotopic (exact) mass is 213 g/mol. The predicted octanol–water partition coefficient (Wildman–Crippen LogP) is 0.110. The summed E-state index contributed by atoms with van der Waals surface area (Å²) in [7, 11) is 0. The normalized spacial score (nSPS) is 9.50. The van der Waals surface area contributed by atoms with E-state index in [1.807, 2.05) is 0 Å². The van der Waals surface area contributed by atoms with Crippen LogP contribution in [0.25, 0.3) is 11.5 Å². The number of carboxylic acid groups (broad SMARTS) is 1. The minimum absolute atomic E-state index is 0. The summed E-state index contributed by atoms with van der Waals surface area (Å²) in [6.07, 6.45) is 1.32. The fourth-order valence-electron chi connectivity index (χ4n) is 1.06. The topological polar surface area (TPSA) is 89.1 Å². The minimum atomic E-state index is -1.01. The summed E-state index contributed by atoms with van der Waals surface area (Å²) in [6, 6.07) is 5.27. The van der Waals surface area contributed by atoms with Gasteiger partial charge in [-0.15, -0.1) is 0 Å². The summed E-state index contributed by atoms with van der Waals surface area (Å²) in [4.78, 5) is 18.3. The zero-order chi connectivity index (χ0) is 10.7. The molecule has 0 saturated heterocycles. The Morgan fingerprint density at radius 2 is 2.25 bits per heavy atom. The van der Waals surface area contributed by atoms with Gasteiger partial charge >= 0.3 is 24.8 Å². The molecule has 0 fully saturated rings. The predicted molar refractivity (Wildman–Crippen MR) is 56.0 cm³/mol. The van der Waals surface area contributed by atoms with Crippen LogP contribution in [-0.2, 0) is 11.2 Å². The number of pyridine rings is 1. The summed E-state index contributed by atoms with van der Waals surface area (Å²) in [5.74, 6) is -0.638. The molecule has 1 N–H and O–H groups in total. The third-order valence-electron chi connectivity index (χ3n) is 1.66. The van der Waals surface area contributed by atoms with Gasteiger partial charge in [0.2, 0.25) is 11.7 Å². The van der Waals surface area contributed by atoms with Crippen LogP contribution in [0.15, 0.2) is 28.9 Å². The fraction of sp³-hybridized carbons (Fsp3) is 0.111. The molecule has 0 aromatic carbocycles. The van der Waals surface area contributed by atoms with Crippen molar-refractivity contribution in [1.29, 1.82) is 0 Å². The Morgan fingerprint density at radius 3 is 2.88 bits per heavy atom. The van der Waals surface area contributed by atoms with Crippen molar-refractivity contribution < 1.29 is 14.4 Å². The zero-order valence-electron chi connectivity index (χ0n) is 7.62. The van der Waals surface area contributed by atoms with Crippen LogP contribution in [0.3, 0.4) is 0 Å². The maximum absolute atomic E-state index is 10.4. The first-order chi connectivity index (χ1) is 7.25. The molecule has 16 heavy (non-hydrogen) atoms. The van der Waals surface area contributed by atoms with Crippen molar-refractivity contribution in [2.24, 2.45) is 0 Å². The van der Waals surface area contributed by atoms with Crippen LogP contribution in [0.1, 0.15) is 5.89 Å². The molecule has 2 rings (SSSR count). The van der Waals surface area contributed by atoms with Gasteiger partial charge in [0.25, 0.3) is 0 Å². The van der Waals surface area contributed by atoms with Crippen molar-refractivity contribution >= 4 is 24.8 Å². The third kappa shape index (κ3) is 2.92. The molecule has 7 heteroatoms. The molecular formula is C9H8LiN3O3. The van der Waals surface area contributed by atoms with E-state index in [0.29, 0.717) is 11.5 Å². The number of nitrogens with zero attached hydrogens (tertiary/aromatic N) is 3. The van der Waals surface area contributed by atoms with Crippen molar-refractivity contribution in [3.8, 4) is 11.5 Å². The molecule has 0 spiro atoms. The Balaban J connectivity index is 0.00000128. The van der Waals surface area contributed by atoms with Gasteiger partial charge in [-0.2, -0.15) is 4.98 Å². The van der Waals surface area contributed by atoms with Gasteiger partial charge < -0.3 is 9.63 Å². The molecule has 2 heterocycles. The summed E-state index contributed by atoms with van der Waals surface area (Å²) in [5.41, 5.74) is 0.554. The van der Waals surface area contributed by atoms with Gasteiger partial charge in [-0.25, -0.2) is 0 Å². The molecule has 0 radical (unpaired) electrons. The number of aromatic nitrogens is 3. The Labute approximate surface area is 103 Å². The Morgan fingerprint density at radius 1 is 1.44 bits per heavy atom. The van der Waals surface area contributed by atoms with Gasteiger partial charge in [-0.1, -0.05) is 11.2 Å². The van der Waals surface area contributed by atoms with E-state index in [0.717, 1.165) is 0 Å². The SMILES string of the molecule is O=C(O)Cc1nc(-c2ccccn2)no1.[LiH]. The van der Waals surface area contributed by atoms with Crippen LogP contribution in [0, 0.1) is 0 Å². The number of carbonyl (C=O) groups is 1. The van der Waals surface area contributed by atoms with E-state index < -0.39 is 5.97 Å². The van der Waals surface area contributed by atoms with E-state index in [1.54, 1.807) is 24.4 Å². The molecule has 2 aromatic heterocycles. The van der Waals surface area contributed by atoms with Gasteiger partial charge in [-0.05, 0) is 12.1 Å². The second kappa shape index (κ2) is 5.44. The number of rotatable bonds is 3. The first kappa shape index (κ1) is 12.4. The zero-order valence-corrected chi connectivity index (χ0v) is 7.62. The average Bonchev–Trinajstić information content (AvgIpc) is 2.67. The average molecular weight is 213 g/mol. The molecule has 0 amide bonds. The van der Waals surface area contributed by atoms with E-state index in [2.05, 4.69) is 15.1 Å². The quantitative estimate of drug-likeness (QED) is 0.728. The summed E-state index contributed by atoms with van der Waals surface area (Å²) < 4.78 is 4.75. The fourth-order valence-corrected chi connectivity index (χ4v) is 1.06. The Bertz CT molecular complexity index is 472. The van der Waals surface area contributed by atoms with Gasteiger partial charge in [0, 0.05) is 6.20 Å². The van der Waals surface area contributed by atoms with Crippen LogP contribution >= 0.6 is 0 Å². The molecule has 0 aliphatic heterocycles. The van der Waals surface area contributed by atoms with E-state index >= 15 is 0 Å². The van der Waals surface area contributed by atoms with Crippen LogP contribution < -0.4 is 0 Å².